The normalized spacial score (nSPS) is 12.9. The first-order chi connectivity index (χ1) is 14.4. The van der Waals surface area contributed by atoms with Gasteiger partial charge in [-0.25, -0.2) is 9.78 Å². The van der Waals surface area contributed by atoms with Crippen LogP contribution >= 0.6 is 0 Å². The van der Waals surface area contributed by atoms with Gasteiger partial charge < -0.3 is 18.6 Å². The van der Waals surface area contributed by atoms with Crippen molar-refractivity contribution in [3.63, 3.8) is 0 Å². The van der Waals surface area contributed by atoms with Crippen molar-refractivity contribution in [3.05, 3.63) is 65.8 Å². The van der Waals surface area contributed by atoms with E-state index < -0.39 is 11.6 Å². The first kappa shape index (κ1) is 21.5. The van der Waals surface area contributed by atoms with Crippen molar-refractivity contribution in [3.8, 4) is 17.2 Å². The predicted molar refractivity (Wildman–Crippen MR) is 111 cm³/mol. The van der Waals surface area contributed by atoms with Crippen LogP contribution in [0.3, 0.4) is 0 Å². The molecule has 30 heavy (non-hydrogen) atoms. The molecule has 0 aliphatic rings. The number of carbonyl (C=O) groups excluding carboxylic acids is 1. The van der Waals surface area contributed by atoms with E-state index in [1.54, 1.807) is 13.1 Å². The lowest BCUT2D eigenvalue weighted by Gasteiger charge is -2.24. The number of methoxy groups -OCH3 is 2. The van der Waals surface area contributed by atoms with E-state index in [9.17, 15) is 4.79 Å². The number of hydrogen-bond donors (Lipinski definition) is 0. The van der Waals surface area contributed by atoms with Crippen LogP contribution in [0.4, 0.5) is 0 Å². The lowest BCUT2D eigenvalue weighted by Crippen LogP contribution is -2.40. The summed E-state index contributed by atoms with van der Waals surface area (Å²) in [4.78, 5) is 20.9. The van der Waals surface area contributed by atoms with E-state index in [0.29, 0.717) is 36.8 Å². The highest BCUT2D eigenvalue weighted by Gasteiger charge is 2.35. The van der Waals surface area contributed by atoms with Crippen LogP contribution in [0.5, 0.6) is 5.75 Å². The van der Waals surface area contributed by atoms with Crippen LogP contribution < -0.4 is 4.74 Å². The van der Waals surface area contributed by atoms with Crippen LogP contribution in [0.25, 0.3) is 11.5 Å². The number of hydrogen-bond acceptors (Lipinski definition) is 7. The average molecular weight is 410 g/mol. The van der Waals surface area contributed by atoms with Crippen molar-refractivity contribution in [2.45, 2.75) is 32.3 Å². The van der Waals surface area contributed by atoms with Crippen LogP contribution in [0.1, 0.15) is 24.1 Å². The maximum atomic E-state index is 11.9. The summed E-state index contributed by atoms with van der Waals surface area (Å²) in [6.45, 7) is 4.02. The number of esters is 1. The molecule has 0 amide bonds. The molecule has 0 aliphatic carbocycles. The molecule has 0 fully saturated rings. The SMILES string of the molecule is COC(=O)C(C)(Cc1ccc(OCCc2nc(-c3ccccc3)oc2C)cn1)OC. The van der Waals surface area contributed by atoms with E-state index in [-0.39, 0.29) is 0 Å². The third-order valence-electron chi connectivity index (χ3n) is 4.90. The van der Waals surface area contributed by atoms with Crippen molar-refractivity contribution in [2.75, 3.05) is 20.8 Å². The summed E-state index contributed by atoms with van der Waals surface area (Å²) in [5.74, 6) is 1.60. The number of pyridine rings is 1. The van der Waals surface area contributed by atoms with Gasteiger partial charge in [0.1, 0.15) is 11.5 Å². The van der Waals surface area contributed by atoms with E-state index >= 15 is 0 Å². The van der Waals surface area contributed by atoms with Crippen LogP contribution in [0.15, 0.2) is 53.1 Å². The van der Waals surface area contributed by atoms with Gasteiger partial charge in [0.15, 0.2) is 5.60 Å². The van der Waals surface area contributed by atoms with Crippen LogP contribution in [-0.4, -0.2) is 42.4 Å². The number of nitrogens with zero attached hydrogens (tertiary/aromatic N) is 2. The van der Waals surface area contributed by atoms with E-state index in [0.717, 1.165) is 17.0 Å². The maximum Gasteiger partial charge on any atom is 0.338 e. The summed E-state index contributed by atoms with van der Waals surface area (Å²) in [6, 6.07) is 13.4. The average Bonchev–Trinajstić information content (AvgIpc) is 3.15. The highest BCUT2D eigenvalue weighted by Crippen LogP contribution is 2.22. The minimum atomic E-state index is -1.08. The predicted octanol–water partition coefficient (Wildman–Crippen LogP) is 3.79. The zero-order valence-electron chi connectivity index (χ0n) is 17.7. The molecular weight excluding hydrogens is 384 g/mol. The van der Waals surface area contributed by atoms with E-state index in [1.165, 1.54) is 14.2 Å². The summed E-state index contributed by atoms with van der Waals surface area (Å²) >= 11 is 0. The van der Waals surface area contributed by atoms with Crippen LogP contribution in [0.2, 0.25) is 0 Å². The highest BCUT2D eigenvalue weighted by molar-refractivity contribution is 5.79. The van der Waals surface area contributed by atoms with Crippen molar-refractivity contribution >= 4 is 5.97 Å². The number of carbonyl (C=O) groups is 1. The fourth-order valence-corrected chi connectivity index (χ4v) is 3.02. The molecule has 2 heterocycles. The minimum absolute atomic E-state index is 0.302. The second kappa shape index (κ2) is 9.54. The summed E-state index contributed by atoms with van der Waals surface area (Å²) in [6.07, 6.45) is 2.55. The minimum Gasteiger partial charge on any atom is -0.492 e. The first-order valence-corrected chi connectivity index (χ1v) is 9.68. The zero-order chi connectivity index (χ0) is 21.6. The Hall–Kier alpha value is -3.19. The fraction of sp³-hybridized carbons (Fsp3) is 0.348. The van der Waals surface area contributed by atoms with Gasteiger partial charge in [0, 0.05) is 31.2 Å². The zero-order valence-corrected chi connectivity index (χ0v) is 17.7. The van der Waals surface area contributed by atoms with Crippen molar-refractivity contribution in [1.82, 2.24) is 9.97 Å². The van der Waals surface area contributed by atoms with Crippen molar-refractivity contribution in [2.24, 2.45) is 0 Å². The molecule has 0 N–H and O–H groups in total. The third-order valence-corrected chi connectivity index (χ3v) is 4.90. The molecule has 3 rings (SSSR count). The van der Waals surface area contributed by atoms with Gasteiger partial charge in [-0.15, -0.1) is 0 Å². The molecule has 0 saturated heterocycles. The van der Waals surface area contributed by atoms with Gasteiger partial charge >= 0.3 is 5.97 Å². The lowest BCUT2D eigenvalue weighted by atomic mass is 9.99. The fourth-order valence-electron chi connectivity index (χ4n) is 3.02. The number of oxazole rings is 1. The Morgan fingerprint density at radius 2 is 1.90 bits per heavy atom. The van der Waals surface area contributed by atoms with E-state index in [4.69, 9.17) is 18.6 Å². The smallest absolute Gasteiger partial charge is 0.338 e. The summed E-state index contributed by atoms with van der Waals surface area (Å²) in [5, 5.41) is 0. The second-order valence-electron chi connectivity index (χ2n) is 7.07. The van der Waals surface area contributed by atoms with Gasteiger partial charge in [0.05, 0.1) is 25.6 Å². The van der Waals surface area contributed by atoms with Gasteiger partial charge in [-0.05, 0) is 38.1 Å². The summed E-state index contributed by atoms with van der Waals surface area (Å²) in [5.41, 5.74) is 1.44. The Kier molecular flexibility index (Phi) is 6.84. The number of aromatic nitrogens is 2. The molecule has 2 aromatic heterocycles. The molecule has 7 heteroatoms. The molecule has 1 aromatic carbocycles. The summed E-state index contributed by atoms with van der Waals surface area (Å²) < 4.78 is 21.7. The summed E-state index contributed by atoms with van der Waals surface area (Å²) in [7, 11) is 2.81. The molecule has 0 bridgehead atoms. The molecule has 0 aliphatic heterocycles. The quantitative estimate of drug-likeness (QED) is 0.496. The first-order valence-electron chi connectivity index (χ1n) is 9.68. The Labute approximate surface area is 176 Å². The van der Waals surface area contributed by atoms with Crippen molar-refractivity contribution in [1.29, 1.82) is 0 Å². The Morgan fingerprint density at radius 3 is 2.53 bits per heavy atom. The van der Waals surface area contributed by atoms with Gasteiger partial charge in [0.2, 0.25) is 5.89 Å². The number of aryl methyl sites for hydroxylation is 1. The van der Waals surface area contributed by atoms with Crippen LogP contribution in [0, 0.1) is 6.92 Å². The third kappa shape index (κ3) is 5.04. The highest BCUT2D eigenvalue weighted by atomic mass is 16.6. The largest absolute Gasteiger partial charge is 0.492 e. The Bertz CT molecular complexity index is 969. The topological polar surface area (TPSA) is 83.7 Å². The Morgan fingerprint density at radius 1 is 1.13 bits per heavy atom. The molecule has 158 valence electrons. The number of benzene rings is 1. The van der Waals surface area contributed by atoms with Gasteiger partial charge in [0.25, 0.3) is 0 Å². The van der Waals surface area contributed by atoms with Crippen LogP contribution in [-0.2, 0) is 27.1 Å². The monoisotopic (exact) mass is 410 g/mol. The van der Waals surface area contributed by atoms with Gasteiger partial charge in [-0.3, -0.25) is 4.98 Å². The molecule has 0 radical (unpaired) electrons. The van der Waals surface area contributed by atoms with E-state index in [1.807, 2.05) is 49.4 Å². The molecule has 7 nitrogen and oxygen atoms in total. The maximum absolute atomic E-state index is 11.9. The van der Waals surface area contributed by atoms with Crippen molar-refractivity contribution < 1.29 is 23.4 Å². The van der Waals surface area contributed by atoms with E-state index in [2.05, 4.69) is 9.97 Å². The number of ether oxygens (including phenoxy) is 3. The second-order valence-corrected chi connectivity index (χ2v) is 7.07. The molecule has 1 atom stereocenters. The molecule has 0 spiro atoms. The lowest BCUT2D eigenvalue weighted by molar-refractivity contribution is -0.163. The number of rotatable bonds is 9. The van der Waals surface area contributed by atoms with Gasteiger partial charge in [-0.1, -0.05) is 18.2 Å². The Balaban J connectivity index is 1.56. The molecular formula is C23H26N2O5. The molecule has 1 unspecified atom stereocenters. The molecule has 3 aromatic rings. The van der Waals surface area contributed by atoms with Gasteiger partial charge in [-0.2, -0.15) is 0 Å². The standard InChI is InChI=1S/C23H26N2O5/c1-16-20(25-21(30-16)17-8-6-5-7-9-17)12-13-29-19-11-10-18(24-15-19)14-23(2,28-4)22(26)27-3/h5-11,15H,12-14H2,1-4H3. The molecule has 0 saturated carbocycles.